The van der Waals surface area contributed by atoms with Crippen LogP contribution in [0.25, 0.3) is 0 Å². The molecule has 0 saturated carbocycles. The van der Waals surface area contributed by atoms with E-state index in [1.807, 2.05) is 6.07 Å². The molecule has 0 aromatic heterocycles. The van der Waals surface area contributed by atoms with Gasteiger partial charge in [0.05, 0.1) is 0 Å². The Bertz CT molecular complexity index is 334. The molecule has 2 nitrogen and oxygen atoms in total. The van der Waals surface area contributed by atoms with Crippen molar-refractivity contribution in [3.8, 4) is 0 Å². The predicted octanol–water partition coefficient (Wildman–Crippen LogP) is 2.56. The van der Waals surface area contributed by atoms with Crippen LogP contribution in [-0.2, 0) is 4.79 Å². The molecule has 13 heavy (non-hydrogen) atoms. The van der Waals surface area contributed by atoms with E-state index in [2.05, 4.69) is 15.9 Å². The fraction of sp³-hybridized carbons (Fsp3) is 0.200. The van der Waals surface area contributed by atoms with Gasteiger partial charge >= 0.3 is 0 Å². The number of aldehydes is 2. The van der Waals surface area contributed by atoms with Gasteiger partial charge in [0.2, 0.25) is 0 Å². The third kappa shape index (κ3) is 2.25. The molecule has 0 heterocycles. The van der Waals surface area contributed by atoms with Gasteiger partial charge in [0, 0.05) is 16.0 Å². The number of carbonyl (C=O) groups is 2. The summed E-state index contributed by atoms with van der Waals surface area (Å²) in [5.41, 5.74) is 1.34. The van der Waals surface area contributed by atoms with Gasteiger partial charge in [0.1, 0.15) is 12.6 Å². The minimum atomic E-state index is -0.228. The van der Waals surface area contributed by atoms with E-state index in [4.69, 9.17) is 0 Å². The fourth-order valence-corrected chi connectivity index (χ4v) is 1.51. The molecule has 0 bridgehead atoms. The van der Waals surface area contributed by atoms with Crippen molar-refractivity contribution in [1.29, 1.82) is 0 Å². The zero-order valence-corrected chi connectivity index (χ0v) is 8.74. The van der Waals surface area contributed by atoms with Gasteiger partial charge in [-0.3, -0.25) is 4.79 Å². The van der Waals surface area contributed by atoms with Gasteiger partial charge in [-0.05, 0) is 17.7 Å². The Morgan fingerprint density at radius 2 is 2.08 bits per heavy atom. The van der Waals surface area contributed by atoms with Gasteiger partial charge in [-0.15, -0.1) is 0 Å². The molecule has 0 amide bonds. The van der Waals surface area contributed by atoms with E-state index < -0.39 is 0 Å². The Hall–Kier alpha value is -0.960. The van der Waals surface area contributed by atoms with Crippen LogP contribution in [0.5, 0.6) is 0 Å². The number of rotatable bonds is 3. The predicted molar refractivity (Wildman–Crippen MR) is 54.0 cm³/mol. The molecule has 0 radical (unpaired) electrons. The molecular formula is C10H9BrO2. The smallest absolute Gasteiger partial charge is 0.150 e. The zero-order chi connectivity index (χ0) is 9.84. The number of halogens is 1. The van der Waals surface area contributed by atoms with Crippen LogP contribution >= 0.6 is 15.9 Å². The third-order valence-electron chi connectivity index (χ3n) is 1.87. The normalized spacial score (nSPS) is 12.2. The Morgan fingerprint density at radius 3 is 2.62 bits per heavy atom. The molecule has 0 N–H and O–H groups in total. The lowest BCUT2D eigenvalue weighted by molar-refractivity contribution is -0.108. The molecule has 1 unspecified atom stereocenters. The number of benzene rings is 1. The average Bonchev–Trinajstić information content (AvgIpc) is 2.16. The van der Waals surface area contributed by atoms with Crippen molar-refractivity contribution >= 4 is 28.5 Å². The largest absolute Gasteiger partial charge is 0.303 e. The quantitative estimate of drug-likeness (QED) is 0.762. The van der Waals surface area contributed by atoms with Crippen molar-refractivity contribution in [2.75, 3.05) is 0 Å². The van der Waals surface area contributed by atoms with Crippen molar-refractivity contribution in [2.24, 2.45) is 0 Å². The second kappa shape index (κ2) is 4.33. The van der Waals surface area contributed by atoms with Crippen LogP contribution in [-0.4, -0.2) is 12.6 Å². The SMILES string of the molecule is CC(C=O)c1ccc(Br)cc1C=O. The van der Waals surface area contributed by atoms with Gasteiger partial charge in [-0.1, -0.05) is 28.9 Å². The molecule has 68 valence electrons. The Balaban J connectivity index is 3.20. The third-order valence-corrected chi connectivity index (χ3v) is 2.36. The first-order valence-corrected chi connectivity index (χ1v) is 4.68. The van der Waals surface area contributed by atoms with Gasteiger partial charge in [-0.25, -0.2) is 0 Å². The molecule has 1 aromatic rings. The monoisotopic (exact) mass is 240 g/mol. The lowest BCUT2D eigenvalue weighted by atomic mass is 9.98. The van der Waals surface area contributed by atoms with E-state index in [0.717, 1.165) is 22.6 Å². The van der Waals surface area contributed by atoms with Gasteiger partial charge < -0.3 is 4.79 Å². The van der Waals surface area contributed by atoms with Crippen LogP contribution in [0.4, 0.5) is 0 Å². The van der Waals surface area contributed by atoms with Crippen LogP contribution in [0.15, 0.2) is 22.7 Å². The summed E-state index contributed by atoms with van der Waals surface area (Å²) in [7, 11) is 0. The number of carbonyl (C=O) groups excluding carboxylic acids is 2. The van der Waals surface area contributed by atoms with Crippen molar-refractivity contribution in [3.05, 3.63) is 33.8 Å². The maximum Gasteiger partial charge on any atom is 0.150 e. The minimum Gasteiger partial charge on any atom is -0.303 e. The van der Waals surface area contributed by atoms with E-state index in [-0.39, 0.29) is 5.92 Å². The van der Waals surface area contributed by atoms with Crippen LogP contribution in [0.1, 0.15) is 28.8 Å². The maximum absolute atomic E-state index is 10.7. The summed E-state index contributed by atoms with van der Waals surface area (Å²) in [4.78, 5) is 21.2. The highest BCUT2D eigenvalue weighted by Gasteiger charge is 2.08. The first-order chi connectivity index (χ1) is 6.19. The van der Waals surface area contributed by atoms with Crippen molar-refractivity contribution < 1.29 is 9.59 Å². The molecule has 1 atom stereocenters. The summed E-state index contributed by atoms with van der Waals surface area (Å²) in [5, 5.41) is 0. The first kappa shape index (κ1) is 10.1. The topological polar surface area (TPSA) is 34.1 Å². The Morgan fingerprint density at radius 1 is 1.38 bits per heavy atom. The highest BCUT2D eigenvalue weighted by molar-refractivity contribution is 9.10. The lowest BCUT2D eigenvalue weighted by Crippen LogP contribution is -1.99. The molecule has 0 fully saturated rings. The summed E-state index contributed by atoms with van der Waals surface area (Å²) in [6, 6.07) is 5.32. The zero-order valence-electron chi connectivity index (χ0n) is 7.16. The molecule has 0 spiro atoms. The average molecular weight is 241 g/mol. The molecular weight excluding hydrogens is 232 g/mol. The Kier molecular flexibility index (Phi) is 3.37. The van der Waals surface area contributed by atoms with E-state index in [9.17, 15) is 9.59 Å². The van der Waals surface area contributed by atoms with E-state index >= 15 is 0 Å². The molecule has 0 aliphatic carbocycles. The van der Waals surface area contributed by atoms with Crippen molar-refractivity contribution in [3.63, 3.8) is 0 Å². The molecule has 1 rings (SSSR count). The minimum absolute atomic E-state index is 0.228. The molecule has 0 aliphatic heterocycles. The number of hydrogen-bond acceptors (Lipinski definition) is 2. The van der Waals surface area contributed by atoms with Crippen LogP contribution < -0.4 is 0 Å². The standard InChI is InChI=1S/C10H9BrO2/c1-7(5-12)10-3-2-9(11)4-8(10)6-13/h2-7H,1H3. The fourth-order valence-electron chi connectivity index (χ4n) is 1.14. The van der Waals surface area contributed by atoms with Gasteiger partial charge in [-0.2, -0.15) is 0 Å². The lowest BCUT2D eigenvalue weighted by Gasteiger charge is -2.07. The van der Waals surface area contributed by atoms with Gasteiger partial charge in [0.15, 0.2) is 0 Å². The van der Waals surface area contributed by atoms with Crippen LogP contribution in [0.3, 0.4) is 0 Å². The highest BCUT2D eigenvalue weighted by Crippen LogP contribution is 2.21. The highest BCUT2D eigenvalue weighted by atomic mass is 79.9. The number of hydrogen-bond donors (Lipinski definition) is 0. The molecule has 0 aliphatic rings. The summed E-state index contributed by atoms with van der Waals surface area (Å²) in [6.07, 6.45) is 1.59. The van der Waals surface area contributed by atoms with Crippen molar-refractivity contribution in [1.82, 2.24) is 0 Å². The molecule has 1 aromatic carbocycles. The summed E-state index contributed by atoms with van der Waals surface area (Å²) >= 11 is 3.26. The second-order valence-electron chi connectivity index (χ2n) is 2.82. The van der Waals surface area contributed by atoms with E-state index in [1.165, 1.54) is 0 Å². The summed E-state index contributed by atoms with van der Waals surface area (Å²) in [5.74, 6) is -0.228. The van der Waals surface area contributed by atoms with E-state index in [1.54, 1.807) is 19.1 Å². The first-order valence-electron chi connectivity index (χ1n) is 3.89. The van der Waals surface area contributed by atoms with E-state index in [0.29, 0.717) is 5.56 Å². The van der Waals surface area contributed by atoms with Crippen LogP contribution in [0.2, 0.25) is 0 Å². The summed E-state index contributed by atoms with van der Waals surface area (Å²) in [6.45, 7) is 1.77. The van der Waals surface area contributed by atoms with Crippen molar-refractivity contribution in [2.45, 2.75) is 12.8 Å². The van der Waals surface area contributed by atoms with Gasteiger partial charge in [0.25, 0.3) is 0 Å². The second-order valence-corrected chi connectivity index (χ2v) is 3.73. The molecule has 3 heteroatoms. The Labute approximate surface area is 85.1 Å². The summed E-state index contributed by atoms with van der Waals surface area (Å²) < 4.78 is 0.844. The maximum atomic E-state index is 10.7. The van der Waals surface area contributed by atoms with Crippen LogP contribution in [0, 0.1) is 0 Å². The molecule has 0 saturated heterocycles.